The van der Waals surface area contributed by atoms with Gasteiger partial charge in [0.1, 0.15) is 4.92 Å². The van der Waals surface area contributed by atoms with Crippen molar-refractivity contribution < 1.29 is 14.1 Å². The zero-order valence-electron chi connectivity index (χ0n) is 16.4. The van der Waals surface area contributed by atoms with Gasteiger partial charge in [-0.05, 0) is 49.1 Å². The molecule has 9 nitrogen and oxygen atoms in total. The van der Waals surface area contributed by atoms with E-state index in [1.165, 1.54) is 18.9 Å². The van der Waals surface area contributed by atoms with Crippen LogP contribution in [0, 0.1) is 16.0 Å². The van der Waals surface area contributed by atoms with Crippen molar-refractivity contribution in [2.24, 2.45) is 5.92 Å². The topological polar surface area (TPSA) is 114 Å². The van der Waals surface area contributed by atoms with Crippen LogP contribution in [0.2, 0.25) is 0 Å². The first-order chi connectivity index (χ1) is 14.5. The van der Waals surface area contributed by atoms with Gasteiger partial charge < -0.3 is 14.6 Å². The summed E-state index contributed by atoms with van der Waals surface area (Å²) < 4.78 is 4.91. The Morgan fingerprint density at radius 1 is 1.10 bits per heavy atom. The van der Waals surface area contributed by atoms with E-state index in [-0.39, 0.29) is 5.76 Å². The lowest BCUT2D eigenvalue weighted by Crippen LogP contribution is -2.33. The van der Waals surface area contributed by atoms with Crippen LogP contribution in [0.3, 0.4) is 0 Å². The molecule has 0 saturated carbocycles. The first kappa shape index (κ1) is 19.6. The molecule has 1 aliphatic heterocycles. The first-order valence-electron chi connectivity index (χ1n) is 9.74. The summed E-state index contributed by atoms with van der Waals surface area (Å²) in [5.41, 5.74) is 2.14. The summed E-state index contributed by atoms with van der Waals surface area (Å²) in [7, 11) is 0. The maximum Gasteiger partial charge on any atom is 0.433 e. The van der Waals surface area contributed by atoms with E-state index in [9.17, 15) is 14.9 Å². The highest BCUT2D eigenvalue weighted by atomic mass is 16.6. The molecule has 2 aromatic heterocycles. The van der Waals surface area contributed by atoms with Gasteiger partial charge in [-0.15, -0.1) is 10.2 Å². The molecule has 4 rings (SSSR count). The Morgan fingerprint density at radius 3 is 2.43 bits per heavy atom. The molecule has 0 aliphatic carbocycles. The number of anilines is 2. The zero-order valence-corrected chi connectivity index (χ0v) is 16.4. The number of piperidine rings is 1. The van der Waals surface area contributed by atoms with E-state index in [0.29, 0.717) is 5.69 Å². The zero-order chi connectivity index (χ0) is 21.1. The number of rotatable bonds is 5. The number of benzene rings is 1. The lowest BCUT2D eigenvalue weighted by molar-refractivity contribution is -0.402. The van der Waals surface area contributed by atoms with Crippen molar-refractivity contribution in [3.05, 3.63) is 64.4 Å². The van der Waals surface area contributed by atoms with E-state index in [0.717, 1.165) is 42.1 Å². The highest BCUT2D eigenvalue weighted by molar-refractivity contribution is 6.02. The second-order valence-electron chi connectivity index (χ2n) is 7.37. The van der Waals surface area contributed by atoms with Gasteiger partial charge in [-0.1, -0.05) is 19.1 Å². The van der Waals surface area contributed by atoms with Crippen LogP contribution in [0.5, 0.6) is 0 Å². The van der Waals surface area contributed by atoms with E-state index in [4.69, 9.17) is 4.42 Å². The Hall–Kier alpha value is -3.75. The number of nitrogens with one attached hydrogen (secondary N) is 1. The molecule has 154 valence electrons. The number of aromatic nitrogens is 2. The smallest absolute Gasteiger partial charge is 0.395 e. The molecule has 1 saturated heterocycles. The Kier molecular flexibility index (Phi) is 5.42. The van der Waals surface area contributed by atoms with Crippen molar-refractivity contribution in [3.63, 3.8) is 0 Å². The molecule has 3 aromatic rings. The Balaban J connectivity index is 1.40. The van der Waals surface area contributed by atoms with Crippen LogP contribution in [0.4, 0.5) is 17.4 Å². The van der Waals surface area contributed by atoms with Crippen LogP contribution < -0.4 is 10.2 Å². The summed E-state index contributed by atoms with van der Waals surface area (Å²) in [5, 5.41) is 22.0. The van der Waals surface area contributed by atoms with Gasteiger partial charge >= 0.3 is 5.88 Å². The molecule has 1 N–H and O–H groups in total. The van der Waals surface area contributed by atoms with Gasteiger partial charge in [-0.3, -0.25) is 14.9 Å². The number of hydrogen-bond donors (Lipinski definition) is 1. The summed E-state index contributed by atoms with van der Waals surface area (Å²) in [6, 6.07) is 13.4. The number of hydrogen-bond acceptors (Lipinski definition) is 7. The van der Waals surface area contributed by atoms with Crippen LogP contribution in [0.1, 0.15) is 30.3 Å². The Bertz CT molecular complexity index is 1040. The molecule has 30 heavy (non-hydrogen) atoms. The summed E-state index contributed by atoms with van der Waals surface area (Å²) in [6.45, 7) is 4.28. The van der Waals surface area contributed by atoms with Crippen molar-refractivity contribution in [2.45, 2.75) is 19.8 Å². The number of carbonyl (C=O) groups excluding carboxylic acids is 1. The molecule has 1 aromatic carbocycles. The molecule has 1 fully saturated rings. The maximum absolute atomic E-state index is 12.2. The van der Waals surface area contributed by atoms with Crippen LogP contribution in [0.25, 0.3) is 11.3 Å². The second kappa shape index (κ2) is 8.32. The molecule has 0 unspecified atom stereocenters. The van der Waals surface area contributed by atoms with Gasteiger partial charge in [0.15, 0.2) is 11.6 Å². The molecule has 0 bridgehead atoms. The number of nitrogens with zero attached hydrogens (tertiary/aromatic N) is 4. The summed E-state index contributed by atoms with van der Waals surface area (Å²) >= 11 is 0. The molecular formula is C21H21N5O4. The van der Waals surface area contributed by atoms with Crippen molar-refractivity contribution in [2.75, 3.05) is 23.3 Å². The summed E-state index contributed by atoms with van der Waals surface area (Å²) in [4.78, 5) is 24.4. The number of furan rings is 1. The SMILES string of the molecule is CC1CCN(c2ccc(-c3ccc(NC(=O)c4ccc([N+](=O)[O-])o4)cc3)nn2)CC1. The summed E-state index contributed by atoms with van der Waals surface area (Å²) in [6.07, 6.45) is 2.34. The van der Waals surface area contributed by atoms with E-state index in [2.05, 4.69) is 27.3 Å². The fraction of sp³-hybridized carbons (Fsp3) is 0.286. The van der Waals surface area contributed by atoms with Crippen molar-refractivity contribution in [3.8, 4) is 11.3 Å². The Labute approximate surface area is 172 Å². The number of amides is 1. The molecule has 0 atom stereocenters. The second-order valence-corrected chi connectivity index (χ2v) is 7.37. The van der Waals surface area contributed by atoms with E-state index < -0.39 is 16.7 Å². The standard InChI is InChI=1S/C21H21N5O4/c1-14-10-12-25(13-11-14)19-8-6-17(23-24-19)15-2-4-16(5-3-15)22-21(27)18-7-9-20(30-18)26(28)29/h2-9,14H,10-13H2,1H3,(H,22,27). The minimum Gasteiger partial charge on any atom is -0.395 e. The summed E-state index contributed by atoms with van der Waals surface area (Å²) in [5.74, 6) is 0.490. The fourth-order valence-corrected chi connectivity index (χ4v) is 3.35. The first-order valence-corrected chi connectivity index (χ1v) is 9.74. The lowest BCUT2D eigenvalue weighted by atomic mass is 9.99. The monoisotopic (exact) mass is 407 g/mol. The largest absolute Gasteiger partial charge is 0.433 e. The van der Waals surface area contributed by atoms with Crippen LogP contribution in [-0.4, -0.2) is 34.1 Å². The van der Waals surface area contributed by atoms with Crippen LogP contribution >= 0.6 is 0 Å². The quantitative estimate of drug-likeness (QED) is 0.499. The fourth-order valence-electron chi connectivity index (χ4n) is 3.35. The number of nitro groups is 1. The van der Waals surface area contributed by atoms with E-state index in [1.54, 1.807) is 12.1 Å². The van der Waals surface area contributed by atoms with Crippen molar-refractivity contribution >= 4 is 23.3 Å². The van der Waals surface area contributed by atoms with Crippen molar-refractivity contribution in [1.82, 2.24) is 10.2 Å². The molecule has 1 aliphatic rings. The predicted molar refractivity (Wildman–Crippen MR) is 111 cm³/mol. The lowest BCUT2D eigenvalue weighted by Gasteiger charge is -2.30. The number of carbonyl (C=O) groups is 1. The van der Waals surface area contributed by atoms with Gasteiger partial charge in [0.05, 0.1) is 11.8 Å². The molecule has 9 heteroatoms. The minimum atomic E-state index is -0.691. The predicted octanol–water partition coefficient (Wildman–Crippen LogP) is 4.13. The third kappa shape index (κ3) is 4.29. The maximum atomic E-state index is 12.2. The van der Waals surface area contributed by atoms with E-state index >= 15 is 0 Å². The van der Waals surface area contributed by atoms with Crippen LogP contribution in [0.15, 0.2) is 52.9 Å². The third-order valence-electron chi connectivity index (χ3n) is 5.19. The average Bonchev–Trinajstić information content (AvgIpc) is 3.26. The van der Waals surface area contributed by atoms with Gasteiger partial charge in [0, 0.05) is 24.3 Å². The highest BCUT2D eigenvalue weighted by Crippen LogP contribution is 2.24. The molecule has 0 spiro atoms. The normalized spacial score (nSPS) is 14.5. The van der Waals surface area contributed by atoms with Gasteiger partial charge in [-0.2, -0.15) is 0 Å². The van der Waals surface area contributed by atoms with Gasteiger partial charge in [0.25, 0.3) is 5.91 Å². The molecular weight excluding hydrogens is 386 g/mol. The van der Waals surface area contributed by atoms with Crippen LogP contribution in [-0.2, 0) is 0 Å². The minimum absolute atomic E-state index is 0.126. The molecule has 3 heterocycles. The molecule has 0 radical (unpaired) electrons. The highest BCUT2D eigenvalue weighted by Gasteiger charge is 2.18. The molecule has 1 amide bonds. The average molecular weight is 407 g/mol. The van der Waals surface area contributed by atoms with Gasteiger partial charge in [0.2, 0.25) is 0 Å². The van der Waals surface area contributed by atoms with E-state index in [1.807, 2.05) is 24.3 Å². The van der Waals surface area contributed by atoms with Crippen molar-refractivity contribution in [1.29, 1.82) is 0 Å². The Morgan fingerprint density at radius 2 is 1.83 bits per heavy atom. The third-order valence-corrected chi connectivity index (χ3v) is 5.19. The van der Waals surface area contributed by atoms with Gasteiger partial charge in [-0.25, -0.2) is 0 Å².